The third-order valence-electron chi connectivity index (χ3n) is 5.54. The molecule has 0 bridgehead atoms. The first-order chi connectivity index (χ1) is 14.4. The van der Waals surface area contributed by atoms with Crippen molar-refractivity contribution in [1.82, 2.24) is 0 Å². The Kier molecular flexibility index (Phi) is 10.1. The fourth-order valence-electron chi connectivity index (χ4n) is 3.17. The third kappa shape index (κ3) is 7.94. The number of carbonyl (C=O) groups excluding carboxylic acids is 2. The van der Waals surface area contributed by atoms with Crippen LogP contribution in [0.15, 0.2) is 18.2 Å². The number of carbonyl (C=O) groups is 3. The molecule has 2 unspecified atom stereocenters. The average molecular weight is 433 g/mol. The zero-order chi connectivity index (χ0) is 23.8. The number of rotatable bonds is 12. The zero-order valence-electron chi connectivity index (χ0n) is 19.5. The molecule has 2 atom stereocenters. The fourth-order valence-corrected chi connectivity index (χ4v) is 3.17. The summed E-state index contributed by atoms with van der Waals surface area (Å²) in [6, 6.07) is 4.02. The number of hydrogen-bond acceptors (Lipinski definition) is 5. The Balaban J connectivity index is 3.20. The lowest BCUT2D eigenvalue weighted by molar-refractivity contribution is -0.160. The highest BCUT2D eigenvalue weighted by atomic mass is 16.5. The molecule has 6 nitrogen and oxygen atoms in total. The van der Waals surface area contributed by atoms with Crippen LogP contribution in [0.4, 0.5) is 0 Å². The number of Topliss-reactive ketones (excluding diaryl/α,β-unsaturated/α-hetero) is 1. The van der Waals surface area contributed by atoms with Gasteiger partial charge in [-0.05, 0) is 58.1 Å². The van der Waals surface area contributed by atoms with Crippen LogP contribution in [0, 0.1) is 19.3 Å². The maximum absolute atomic E-state index is 12.7. The number of aryl methyl sites for hydroxylation is 2. The summed E-state index contributed by atoms with van der Waals surface area (Å²) in [6.07, 6.45) is 3.92. The maximum atomic E-state index is 12.7. The number of hydrogen-bond donors (Lipinski definition) is 2. The molecule has 0 saturated heterocycles. The average Bonchev–Trinajstić information content (AvgIpc) is 2.70. The number of aliphatic hydroxyl groups excluding tert-OH is 1. The molecule has 0 aliphatic rings. The number of carboxylic acids is 1. The SMILES string of the molecule is CCCC(OC(=O)C(C)(C)CC)c1cc(C)cc(C)c1/C=C/C(O)CCC(=O)C(=O)O. The van der Waals surface area contributed by atoms with E-state index in [4.69, 9.17) is 9.84 Å². The highest BCUT2D eigenvalue weighted by Crippen LogP contribution is 2.33. The highest BCUT2D eigenvalue weighted by molar-refractivity contribution is 6.32. The summed E-state index contributed by atoms with van der Waals surface area (Å²) in [7, 11) is 0. The largest absolute Gasteiger partial charge is 0.476 e. The van der Waals surface area contributed by atoms with E-state index in [1.54, 1.807) is 12.2 Å². The maximum Gasteiger partial charge on any atom is 0.372 e. The smallest absolute Gasteiger partial charge is 0.372 e. The van der Waals surface area contributed by atoms with Crippen molar-refractivity contribution < 1.29 is 29.3 Å². The second-order valence-electron chi connectivity index (χ2n) is 8.70. The number of benzene rings is 1. The second kappa shape index (κ2) is 11.8. The van der Waals surface area contributed by atoms with Crippen molar-refractivity contribution in [3.8, 4) is 0 Å². The minimum atomic E-state index is -1.49. The molecule has 31 heavy (non-hydrogen) atoms. The van der Waals surface area contributed by atoms with Crippen molar-refractivity contribution in [3.63, 3.8) is 0 Å². The van der Waals surface area contributed by atoms with E-state index in [9.17, 15) is 19.5 Å². The molecule has 2 N–H and O–H groups in total. The molecule has 0 saturated carbocycles. The van der Waals surface area contributed by atoms with E-state index in [2.05, 4.69) is 0 Å². The van der Waals surface area contributed by atoms with Crippen LogP contribution in [-0.2, 0) is 19.1 Å². The van der Waals surface area contributed by atoms with E-state index in [0.29, 0.717) is 12.8 Å². The van der Waals surface area contributed by atoms with Crippen molar-refractivity contribution in [1.29, 1.82) is 0 Å². The number of carboxylic acid groups (broad SMARTS) is 1. The van der Waals surface area contributed by atoms with Gasteiger partial charge in [-0.15, -0.1) is 0 Å². The number of ether oxygens (including phenoxy) is 1. The van der Waals surface area contributed by atoms with Crippen molar-refractivity contribution >= 4 is 23.8 Å². The predicted molar refractivity (Wildman–Crippen MR) is 121 cm³/mol. The molecule has 172 valence electrons. The number of esters is 1. The van der Waals surface area contributed by atoms with E-state index in [1.165, 1.54) is 0 Å². The van der Waals surface area contributed by atoms with Gasteiger partial charge in [0, 0.05) is 12.0 Å². The Morgan fingerprint density at radius 3 is 2.32 bits per heavy atom. The van der Waals surface area contributed by atoms with Gasteiger partial charge in [-0.1, -0.05) is 50.1 Å². The molecule has 0 spiro atoms. The topological polar surface area (TPSA) is 101 Å². The van der Waals surface area contributed by atoms with E-state index in [0.717, 1.165) is 28.7 Å². The van der Waals surface area contributed by atoms with Gasteiger partial charge in [0.15, 0.2) is 0 Å². The van der Waals surface area contributed by atoms with Crippen LogP contribution in [0.1, 0.15) is 88.2 Å². The van der Waals surface area contributed by atoms with Gasteiger partial charge in [0.05, 0.1) is 11.5 Å². The van der Waals surface area contributed by atoms with E-state index in [-0.39, 0.29) is 18.8 Å². The van der Waals surface area contributed by atoms with Gasteiger partial charge in [0.2, 0.25) is 5.78 Å². The quantitative estimate of drug-likeness (QED) is 0.359. The van der Waals surface area contributed by atoms with Gasteiger partial charge in [-0.3, -0.25) is 9.59 Å². The fraction of sp³-hybridized carbons (Fsp3) is 0.560. The summed E-state index contributed by atoms with van der Waals surface area (Å²) in [5.41, 5.74) is 3.18. The van der Waals surface area contributed by atoms with Crippen molar-refractivity contribution in [2.45, 2.75) is 85.9 Å². The van der Waals surface area contributed by atoms with Gasteiger partial charge in [-0.2, -0.15) is 0 Å². The molecule has 1 aromatic carbocycles. The number of ketones is 1. The number of aliphatic hydroxyl groups is 1. The summed E-state index contributed by atoms with van der Waals surface area (Å²) >= 11 is 0. The Labute approximate surface area is 185 Å². The molecular formula is C25H36O6. The van der Waals surface area contributed by atoms with Crippen molar-refractivity contribution in [2.24, 2.45) is 5.41 Å². The van der Waals surface area contributed by atoms with Gasteiger partial charge >= 0.3 is 11.9 Å². The lowest BCUT2D eigenvalue weighted by Gasteiger charge is -2.27. The van der Waals surface area contributed by atoms with E-state index in [1.807, 2.05) is 53.7 Å². The van der Waals surface area contributed by atoms with Crippen LogP contribution in [0.5, 0.6) is 0 Å². The molecular weight excluding hydrogens is 396 g/mol. The lowest BCUT2D eigenvalue weighted by Crippen LogP contribution is -2.27. The predicted octanol–water partition coefficient (Wildman–Crippen LogP) is 4.93. The molecule has 0 heterocycles. The third-order valence-corrected chi connectivity index (χ3v) is 5.54. The van der Waals surface area contributed by atoms with Crippen molar-refractivity contribution in [2.75, 3.05) is 0 Å². The minimum absolute atomic E-state index is 0.0277. The molecule has 1 aromatic rings. The summed E-state index contributed by atoms with van der Waals surface area (Å²) in [5, 5.41) is 18.9. The Bertz CT molecular complexity index is 822. The summed E-state index contributed by atoms with van der Waals surface area (Å²) in [6.45, 7) is 11.7. The van der Waals surface area contributed by atoms with Gasteiger partial charge < -0.3 is 14.9 Å². The molecule has 1 rings (SSSR count). The molecule has 0 radical (unpaired) electrons. The first-order valence-electron chi connectivity index (χ1n) is 10.9. The molecule has 0 aliphatic heterocycles. The van der Waals surface area contributed by atoms with Crippen LogP contribution in [-0.4, -0.2) is 34.0 Å². The van der Waals surface area contributed by atoms with Gasteiger partial charge in [0.25, 0.3) is 0 Å². The highest BCUT2D eigenvalue weighted by Gasteiger charge is 2.30. The standard InChI is InChI=1S/C25H36O6/c1-7-9-22(31-24(30)25(5,6)8-2)20-15-16(3)14-17(4)19(20)12-10-18(26)11-13-21(27)23(28)29/h10,12,14-15,18,22,26H,7-9,11,13H2,1-6H3,(H,28,29)/b12-10+. The Morgan fingerprint density at radius 1 is 1.13 bits per heavy atom. The first kappa shape index (κ1) is 26.6. The zero-order valence-corrected chi connectivity index (χ0v) is 19.5. The van der Waals surface area contributed by atoms with Crippen LogP contribution in [0.3, 0.4) is 0 Å². The van der Waals surface area contributed by atoms with E-state index >= 15 is 0 Å². The second-order valence-corrected chi connectivity index (χ2v) is 8.70. The van der Waals surface area contributed by atoms with Crippen LogP contribution in [0.25, 0.3) is 6.08 Å². The minimum Gasteiger partial charge on any atom is -0.476 e. The van der Waals surface area contributed by atoms with Gasteiger partial charge in [-0.25, -0.2) is 4.79 Å². The van der Waals surface area contributed by atoms with Crippen molar-refractivity contribution in [3.05, 3.63) is 40.5 Å². The summed E-state index contributed by atoms with van der Waals surface area (Å²) in [4.78, 5) is 34.6. The molecule has 6 heteroatoms. The first-order valence-corrected chi connectivity index (χ1v) is 10.9. The molecule has 0 aromatic heterocycles. The monoisotopic (exact) mass is 432 g/mol. The normalized spacial score (nSPS) is 13.8. The van der Waals surface area contributed by atoms with Gasteiger partial charge in [0.1, 0.15) is 6.10 Å². The van der Waals surface area contributed by atoms with E-state index < -0.39 is 29.4 Å². The molecule has 0 amide bonds. The molecule has 0 fully saturated rings. The van der Waals surface area contributed by atoms with Crippen LogP contribution < -0.4 is 0 Å². The lowest BCUT2D eigenvalue weighted by atomic mass is 9.89. The Hall–Kier alpha value is -2.47. The Morgan fingerprint density at radius 2 is 1.77 bits per heavy atom. The van der Waals surface area contributed by atoms with Crippen LogP contribution >= 0.6 is 0 Å². The number of aliphatic carboxylic acids is 1. The molecule has 0 aliphatic carbocycles. The summed E-state index contributed by atoms with van der Waals surface area (Å²) in [5.74, 6) is -2.66. The van der Waals surface area contributed by atoms with Crippen LogP contribution in [0.2, 0.25) is 0 Å². The summed E-state index contributed by atoms with van der Waals surface area (Å²) < 4.78 is 5.95.